The smallest absolute Gasteiger partial charge is 0.328 e. The molecule has 6 nitrogen and oxygen atoms in total. The minimum atomic E-state index is -0.463. The zero-order valence-corrected chi connectivity index (χ0v) is 10.4. The molecule has 6 heteroatoms. The first kappa shape index (κ1) is 13.2. The highest BCUT2D eigenvalue weighted by molar-refractivity contribution is 5.79. The van der Waals surface area contributed by atoms with E-state index in [9.17, 15) is 4.79 Å². The fourth-order valence-corrected chi connectivity index (χ4v) is 1.43. The minimum absolute atomic E-state index is 0.313. The van der Waals surface area contributed by atoms with Crippen LogP contribution in [0.4, 0.5) is 11.6 Å². The van der Waals surface area contributed by atoms with Gasteiger partial charge in [-0.1, -0.05) is 6.92 Å². The van der Waals surface area contributed by atoms with Crippen molar-refractivity contribution in [3.63, 3.8) is 0 Å². The Morgan fingerprint density at radius 3 is 2.82 bits per heavy atom. The first-order valence-electron chi connectivity index (χ1n) is 5.62. The molecule has 3 N–H and O–H groups in total. The van der Waals surface area contributed by atoms with Crippen molar-refractivity contribution in [3.8, 4) is 0 Å². The Morgan fingerprint density at radius 1 is 1.53 bits per heavy atom. The molecule has 1 unspecified atom stereocenters. The van der Waals surface area contributed by atoms with Crippen LogP contribution in [0, 0.1) is 0 Å². The summed E-state index contributed by atoms with van der Waals surface area (Å²) in [7, 11) is 0. The van der Waals surface area contributed by atoms with Gasteiger partial charge < -0.3 is 15.8 Å². The fraction of sp³-hybridized carbons (Fsp3) is 0.545. The Labute approximate surface area is 101 Å². The third kappa shape index (κ3) is 3.30. The number of nitrogens with one attached hydrogen (secondary N) is 1. The van der Waals surface area contributed by atoms with E-state index < -0.39 is 6.04 Å². The summed E-state index contributed by atoms with van der Waals surface area (Å²) in [5.74, 6) is 0.702. The number of ether oxygens (including phenoxy) is 1. The summed E-state index contributed by atoms with van der Waals surface area (Å²) in [4.78, 5) is 19.5. The van der Waals surface area contributed by atoms with Gasteiger partial charge in [0.05, 0.1) is 6.61 Å². The molecule has 1 rings (SSSR count). The number of aromatic nitrogens is 2. The number of nitrogens with zero attached hydrogens (tertiary/aromatic N) is 2. The molecular formula is C11H18N4O2. The lowest BCUT2D eigenvalue weighted by Crippen LogP contribution is -2.29. The molecule has 0 bridgehead atoms. The van der Waals surface area contributed by atoms with Gasteiger partial charge in [0.2, 0.25) is 0 Å². The van der Waals surface area contributed by atoms with E-state index in [0.29, 0.717) is 24.7 Å². The summed E-state index contributed by atoms with van der Waals surface area (Å²) >= 11 is 0. The van der Waals surface area contributed by atoms with Crippen LogP contribution in [-0.2, 0) is 16.0 Å². The fourth-order valence-electron chi connectivity index (χ4n) is 1.43. The van der Waals surface area contributed by atoms with Gasteiger partial charge in [-0.05, 0) is 20.3 Å². The molecule has 94 valence electrons. The molecule has 0 saturated carbocycles. The van der Waals surface area contributed by atoms with Gasteiger partial charge in [-0.25, -0.2) is 14.8 Å². The highest BCUT2D eigenvalue weighted by atomic mass is 16.5. The maximum atomic E-state index is 11.5. The van der Waals surface area contributed by atoms with Crippen molar-refractivity contribution >= 4 is 17.6 Å². The molecule has 0 spiro atoms. The average molecular weight is 238 g/mol. The number of hydrogen-bond donors (Lipinski definition) is 2. The Bertz CT molecular complexity index is 395. The van der Waals surface area contributed by atoms with Crippen molar-refractivity contribution in [2.45, 2.75) is 33.2 Å². The number of esters is 1. The molecule has 0 amide bonds. The molecule has 0 radical (unpaired) electrons. The molecule has 1 atom stereocenters. The third-order valence-electron chi connectivity index (χ3n) is 2.33. The second-order valence-corrected chi connectivity index (χ2v) is 3.56. The van der Waals surface area contributed by atoms with Crippen LogP contribution in [0.25, 0.3) is 0 Å². The van der Waals surface area contributed by atoms with Gasteiger partial charge in [-0.15, -0.1) is 0 Å². The molecule has 1 aromatic rings. The van der Waals surface area contributed by atoms with Crippen LogP contribution < -0.4 is 11.1 Å². The summed E-state index contributed by atoms with van der Waals surface area (Å²) in [5.41, 5.74) is 6.54. The van der Waals surface area contributed by atoms with Crippen LogP contribution in [0.3, 0.4) is 0 Å². The van der Waals surface area contributed by atoms with Gasteiger partial charge in [0.25, 0.3) is 0 Å². The van der Waals surface area contributed by atoms with Crippen molar-refractivity contribution in [1.82, 2.24) is 9.97 Å². The molecule has 1 heterocycles. The van der Waals surface area contributed by atoms with Crippen molar-refractivity contribution < 1.29 is 9.53 Å². The number of anilines is 2. The zero-order valence-electron chi connectivity index (χ0n) is 10.4. The van der Waals surface area contributed by atoms with Crippen LogP contribution in [0.15, 0.2) is 6.33 Å². The molecule has 0 aliphatic rings. The number of nitrogen functional groups attached to an aromatic ring is 1. The van der Waals surface area contributed by atoms with Crippen LogP contribution in [0.5, 0.6) is 0 Å². The number of hydrogen-bond acceptors (Lipinski definition) is 6. The Morgan fingerprint density at radius 2 is 2.24 bits per heavy atom. The summed E-state index contributed by atoms with van der Waals surface area (Å²) in [6.07, 6.45) is 2.07. The molecule has 0 aliphatic carbocycles. The van der Waals surface area contributed by atoms with Crippen molar-refractivity contribution in [1.29, 1.82) is 0 Å². The molecule has 1 aromatic heterocycles. The van der Waals surface area contributed by atoms with Gasteiger partial charge in [-0.3, -0.25) is 0 Å². The topological polar surface area (TPSA) is 90.1 Å². The van der Waals surface area contributed by atoms with E-state index in [4.69, 9.17) is 10.5 Å². The average Bonchev–Trinajstić information content (AvgIpc) is 2.29. The number of carbonyl (C=O) groups is 1. The maximum absolute atomic E-state index is 11.5. The minimum Gasteiger partial charge on any atom is -0.464 e. The van der Waals surface area contributed by atoms with Crippen molar-refractivity contribution in [2.75, 3.05) is 17.7 Å². The Balaban J connectivity index is 2.81. The highest BCUT2D eigenvalue weighted by Gasteiger charge is 2.16. The van der Waals surface area contributed by atoms with Crippen LogP contribution in [0.2, 0.25) is 0 Å². The van der Waals surface area contributed by atoms with Gasteiger partial charge >= 0.3 is 5.97 Å². The SMILES string of the molecule is CCOC(=O)C(C)Nc1ncnc(N)c1CC. The zero-order chi connectivity index (χ0) is 12.8. The molecule has 0 aromatic carbocycles. The monoisotopic (exact) mass is 238 g/mol. The summed E-state index contributed by atoms with van der Waals surface area (Å²) in [6.45, 7) is 5.80. The lowest BCUT2D eigenvalue weighted by molar-refractivity contribution is -0.143. The first-order valence-corrected chi connectivity index (χ1v) is 5.62. The van der Waals surface area contributed by atoms with Gasteiger partial charge in [0, 0.05) is 5.56 Å². The predicted octanol–water partition coefficient (Wildman–Crippen LogP) is 0.985. The Kier molecular flexibility index (Phi) is 4.68. The molecule has 0 aliphatic heterocycles. The van der Waals surface area contributed by atoms with Crippen LogP contribution in [0.1, 0.15) is 26.3 Å². The first-order chi connectivity index (χ1) is 8.10. The van der Waals surface area contributed by atoms with E-state index in [1.807, 2.05) is 6.92 Å². The Hall–Kier alpha value is -1.85. The second kappa shape index (κ2) is 6.03. The second-order valence-electron chi connectivity index (χ2n) is 3.56. The van der Waals surface area contributed by atoms with Gasteiger partial charge in [-0.2, -0.15) is 0 Å². The van der Waals surface area contributed by atoms with E-state index in [2.05, 4.69) is 15.3 Å². The lowest BCUT2D eigenvalue weighted by atomic mass is 10.2. The lowest BCUT2D eigenvalue weighted by Gasteiger charge is -2.15. The summed E-state index contributed by atoms with van der Waals surface area (Å²) < 4.78 is 4.90. The van der Waals surface area contributed by atoms with E-state index in [-0.39, 0.29) is 5.97 Å². The number of nitrogens with two attached hydrogens (primary N) is 1. The van der Waals surface area contributed by atoms with Crippen molar-refractivity contribution in [2.24, 2.45) is 0 Å². The molecule has 0 saturated heterocycles. The largest absolute Gasteiger partial charge is 0.464 e. The molecule has 0 fully saturated rings. The molecular weight excluding hydrogens is 220 g/mol. The number of rotatable bonds is 5. The van der Waals surface area contributed by atoms with Crippen LogP contribution >= 0.6 is 0 Å². The van der Waals surface area contributed by atoms with Crippen molar-refractivity contribution in [3.05, 3.63) is 11.9 Å². The van der Waals surface area contributed by atoms with E-state index in [1.165, 1.54) is 6.33 Å². The van der Waals surface area contributed by atoms with Crippen LogP contribution in [-0.4, -0.2) is 28.6 Å². The maximum Gasteiger partial charge on any atom is 0.328 e. The normalized spacial score (nSPS) is 11.9. The quantitative estimate of drug-likeness (QED) is 0.743. The van der Waals surface area contributed by atoms with E-state index in [1.54, 1.807) is 13.8 Å². The number of carbonyl (C=O) groups excluding carboxylic acids is 1. The summed E-state index contributed by atoms with van der Waals surface area (Å²) in [5, 5.41) is 2.98. The highest BCUT2D eigenvalue weighted by Crippen LogP contribution is 2.18. The molecule has 17 heavy (non-hydrogen) atoms. The summed E-state index contributed by atoms with van der Waals surface area (Å²) in [6, 6.07) is -0.463. The van der Waals surface area contributed by atoms with E-state index in [0.717, 1.165) is 5.56 Å². The van der Waals surface area contributed by atoms with Gasteiger partial charge in [0.15, 0.2) is 0 Å². The van der Waals surface area contributed by atoms with E-state index >= 15 is 0 Å². The predicted molar refractivity (Wildman–Crippen MR) is 65.5 cm³/mol. The standard InChI is InChI=1S/C11H18N4O2/c1-4-8-9(12)13-6-14-10(8)15-7(3)11(16)17-5-2/h6-7H,4-5H2,1-3H3,(H3,12,13,14,15). The third-order valence-corrected chi connectivity index (χ3v) is 2.33. The van der Waals surface area contributed by atoms with Gasteiger partial charge in [0.1, 0.15) is 24.0 Å².